The molecule has 1 fully saturated rings. The molecule has 0 aliphatic carbocycles. The van der Waals surface area contributed by atoms with Gasteiger partial charge in [-0.2, -0.15) is 0 Å². The highest BCUT2D eigenvalue weighted by molar-refractivity contribution is 5.79. The van der Waals surface area contributed by atoms with Crippen molar-refractivity contribution in [3.05, 3.63) is 58.0 Å². The molecule has 1 saturated heterocycles. The number of non-ortho nitro benzene ring substituents is 1. The zero-order chi connectivity index (χ0) is 20.5. The number of nitro groups is 1. The predicted octanol–water partition coefficient (Wildman–Crippen LogP) is 2.30. The first-order valence-electron chi connectivity index (χ1n) is 9.96. The lowest BCUT2D eigenvalue weighted by atomic mass is 10.1. The number of nitro benzene ring substituents is 1. The van der Waals surface area contributed by atoms with E-state index in [2.05, 4.69) is 25.3 Å². The number of nitrogens with one attached hydrogen (secondary N) is 1. The van der Waals surface area contributed by atoms with E-state index in [4.69, 9.17) is 4.52 Å². The van der Waals surface area contributed by atoms with Gasteiger partial charge in [0.15, 0.2) is 5.96 Å². The van der Waals surface area contributed by atoms with Crippen LogP contribution in [0.2, 0.25) is 0 Å². The van der Waals surface area contributed by atoms with Crippen molar-refractivity contribution in [2.45, 2.75) is 25.8 Å². The summed E-state index contributed by atoms with van der Waals surface area (Å²) in [5.41, 5.74) is 2.23. The van der Waals surface area contributed by atoms with E-state index in [1.165, 1.54) is 0 Å². The molecule has 2 heterocycles. The topological polar surface area (TPSA) is 100 Å². The van der Waals surface area contributed by atoms with Gasteiger partial charge in [0.05, 0.1) is 10.6 Å². The zero-order valence-electron chi connectivity index (χ0n) is 16.8. The SMILES string of the molecule is CN=C(NCCCCc1ccc([N+](=O)[O-])cc1)N1CCN(Cc2ccon2)CC1. The number of benzene rings is 1. The molecule has 9 nitrogen and oxygen atoms in total. The number of guanidine groups is 1. The number of aromatic nitrogens is 1. The molecule has 1 N–H and O–H groups in total. The zero-order valence-corrected chi connectivity index (χ0v) is 16.8. The number of aliphatic imine (C=N–C) groups is 1. The number of aryl methyl sites for hydroxylation is 1. The molecule has 2 aromatic rings. The van der Waals surface area contributed by atoms with Crippen molar-refractivity contribution in [1.29, 1.82) is 0 Å². The molecule has 0 bridgehead atoms. The summed E-state index contributed by atoms with van der Waals surface area (Å²) in [5.74, 6) is 0.946. The van der Waals surface area contributed by atoms with Crippen LogP contribution in [-0.4, -0.2) is 65.6 Å². The average molecular weight is 400 g/mol. The molecule has 1 aliphatic heterocycles. The Balaban J connectivity index is 1.33. The lowest BCUT2D eigenvalue weighted by Crippen LogP contribution is -2.52. The second kappa shape index (κ2) is 10.6. The summed E-state index contributed by atoms with van der Waals surface area (Å²) in [4.78, 5) is 19.4. The van der Waals surface area contributed by atoms with Crippen LogP contribution in [0.3, 0.4) is 0 Å². The van der Waals surface area contributed by atoms with Crippen molar-refractivity contribution in [3.63, 3.8) is 0 Å². The van der Waals surface area contributed by atoms with Gasteiger partial charge in [0.2, 0.25) is 0 Å². The molecule has 3 rings (SSSR count). The molecule has 9 heteroatoms. The van der Waals surface area contributed by atoms with E-state index >= 15 is 0 Å². The van der Waals surface area contributed by atoms with Crippen LogP contribution >= 0.6 is 0 Å². The Morgan fingerprint density at radius 3 is 2.59 bits per heavy atom. The molecule has 0 amide bonds. The van der Waals surface area contributed by atoms with Crippen molar-refractivity contribution >= 4 is 11.6 Å². The van der Waals surface area contributed by atoms with Gasteiger partial charge in [-0.15, -0.1) is 0 Å². The lowest BCUT2D eigenvalue weighted by molar-refractivity contribution is -0.384. The molecular weight excluding hydrogens is 372 g/mol. The Labute approximate surface area is 170 Å². The van der Waals surface area contributed by atoms with Crippen LogP contribution in [-0.2, 0) is 13.0 Å². The lowest BCUT2D eigenvalue weighted by Gasteiger charge is -2.36. The maximum absolute atomic E-state index is 10.7. The monoisotopic (exact) mass is 400 g/mol. The molecule has 1 aliphatic rings. The van der Waals surface area contributed by atoms with E-state index in [0.29, 0.717) is 0 Å². The minimum Gasteiger partial charge on any atom is -0.364 e. The number of unbranched alkanes of at least 4 members (excludes halogenated alkanes) is 1. The second-order valence-electron chi connectivity index (χ2n) is 7.11. The summed E-state index contributed by atoms with van der Waals surface area (Å²) in [6.45, 7) is 5.47. The fourth-order valence-electron chi connectivity index (χ4n) is 3.44. The number of nitrogens with zero attached hydrogens (tertiary/aromatic N) is 5. The van der Waals surface area contributed by atoms with Crippen LogP contribution in [0.1, 0.15) is 24.1 Å². The van der Waals surface area contributed by atoms with E-state index < -0.39 is 0 Å². The Bertz CT molecular complexity index is 783. The van der Waals surface area contributed by atoms with Crippen molar-refractivity contribution < 1.29 is 9.45 Å². The van der Waals surface area contributed by atoms with E-state index in [1.807, 2.05) is 25.2 Å². The van der Waals surface area contributed by atoms with E-state index in [-0.39, 0.29) is 10.6 Å². The van der Waals surface area contributed by atoms with Crippen LogP contribution in [0.25, 0.3) is 0 Å². The Morgan fingerprint density at radius 2 is 1.97 bits per heavy atom. The van der Waals surface area contributed by atoms with Gasteiger partial charge in [-0.25, -0.2) is 0 Å². The minimum absolute atomic E-state index is 0.139. The summed E-state index contributed by atoms with van der Waals surface area (Å²) in [6.07, 6.45) is 4.56. The quantitative estimate of drug-likeness (QED) is 0.239. The number of hydrogen-bond acceptors (Lipinski definition) is 6. The second-order valence-corrected chi connectivity index (χ2v) is 7.11. The third-order valence-corrected chi connectivity index (χ3v) is 5.08. The molecule has 0 atom stereocenters. The predicted molar refractivity (Wildman–Crippen MR) is 111 cm³/mol. The van der Waals surface area contributed by atoms with Crippen molar-refractivity contribution in [1.82, 2.24) is 20.3 Å². The fraction of sp³-hybridized carbons (Fsp3) is 0.500. The normalized spacial score (nSPS) is 15.5. The number of rotatable bonds is 8. The molecule has 0 radical (unpaired) electrons. The molecule has 1 aromatic heterocycles. The van der Waals surface area contributed by atoms with Crippen LogP contribution < -0.4 is 5.32 Å². The molecule has 0 saturated carbocycles. The van der Waals surface area contributed by atoms with Crippen LogP contribution in [0, 0.1) is 10.1 Å². The summed E-state index contributed by atoms with van der Waals surface area (Å²) < 4.78 is 4.90. The van der Waals surface area contributed by atoms with Crippen molar-refractivity contribution in [2.24, 2.45) is 4.99 Å². The molecule has 29 heavy (non-hydrogen) atoms. The summed E-state index contributed by atoms with van der Waals surface area (Å²) in [7, 11) is 1.82. The van der Waals surface area contributed by atoms with Gasteiger partial charge in [0, 0.05) is 64.5 Å². The van der Waals surface area contributed by atoms with E-state index in [0.717, 1.165) is 75.7 Å². The van der Waals surface area contributed by atoms with Gasteiger partial charge in [0.25, 0.3) is 5.69 Å². The summed E-state index contributed by atoms with van der Waals surface area (Å²) in [5, 5.41) is 18.1. The average Bonchev–Trinajstić information content (AvgIpc) is 3.25. The van der Waals surface area contributed by atoms with E-state index in [1.54, 1.807) is 18.4 Å². The van der Waals surface area contributed by atoms with Crippen LogP contribution in [0.4, 0.5) is 5.69 Å². The maximum atomic E-state index is 10.7. The highest BCUT2D eigenvalue weighted by Gasteiger charge is 2.20. The van der Waals surface area contributed by atoms with Crippen LogP contribution in [0.5, 0.6) is 0 Å². The Kier molecular flexibility index (Phi) is 7.57. The van der Waals surface area contributed by atoms with E-state index in [9.17, 15) is 10.1 Å². The van der Waals surface area contributed by atoms with Crippen molar-refractivity contribution in [3.8, 4) is 0 Å². The summed E-state index contributed by atoms with van der Waals surface area (Å²) >= 11 is 0. The molecular formula is C20H28N6O3. The van der Waals surface area contributed by atoms with Gasteiger partial charge >= 0.3 is 0 Å². The van der Waals surface area contributed by atoms with Gasteiger partial charge in [-0.3, -0.25) is 20.0 Å². The largest absolute Gasteiger partial charge is 0.364 e. The standard InChI is InChI=1S/C20H28N6O3/c1-21-20(25-13-11-24(12-14-25)16-18-9-15-29-23-18)22-10-3-2-4-17-5-7-19(8-6-17)26(27)28/h5-9,15H,2-4,10-14,16H2,1H3,(H,21,22). The van der Waals surface area contributed by atoms with Gasteiger partial charge in [-0.05, 0) is 24.8 Å². The fourth-order valence-corrected chi connectivity index (χ4v) is 3.44. The molecule has 156 valence electrons. The number of piperazine rings is 1. The van der Waals surface area contributed by atoms with Crippen molar-refractivity contribution in [2.75, 3.05) is 39.8 Å². The highest BCUT2D eigenvalue weighted by Crippen LogP contribution is 2.13. The van der Waals surface area contributed by atoms with Crippen LogP contribution in [0.15, 0.2) is 46.1 Å². The Morgan fingerprint density at radius 1 is 1.21 bits per heavy atom. The maximum Gasteiger partial charge on any atom is 0.269 e. The van der Waals surface area contributed by atoms with Gasteiger partial charge in [0.1, 0.15) is 6.26 Å². The first-order chi connectivity index (χ1) is 14.2. The third-order valence-electron chi connectivity index (χ3n) is 5.08. The minimum atomic E-state index is -0.368. The smallest absolute Gasteiger partial charge is 0.269 e. The third kappa shape index (κ3) is 6.28. The highest BCUT2D eigenvalue weighted by atomic mass is 16.6. The first-order valence-corrected chi connectivity index (χ1v) is 9.96. The summed E-state index contributed by atoms with van der Waals surface area (Å²) in [6, 6.07) is 8.71. The first kappa shape index (κ1) is 20.8. The number of hydrogen-bond donors (Lipinski definition) is 1. The Hall–Kier alpha value is -2.94. The molecule has 0 spiro atoms. The molecule has 0 unspecified atom stereocenters. The van der Waals surface area contributed by atoms with Gasteiger partial charge < -0.3 is 14.7 Å². The molecule has 1 aromatic carbocycles. The van der Waals surface area contributed by atoms with Gasteiger partial charge in [-0.1, -0.05) is 17.3 Å².